The van der Waals surface area contributed by atoms with Crippen LogP contribution in [0.15, 0.2) is 113 Å². The number of aliphatic imine (C=N–C) groups is 2. The molecule has 1 N–H and O–H groups in total. The van der Waals surface area contributed by atoms with Crippen LogP contribution in [0.25, 0.3) is 5.69 Å². The van der Waals surface area contributed by atoms with Crippen molar-refractivity contribution in [1.29, 1.82) is 0 Å². The van der Waals surface area contributed by atoms with Gasteiger partial charge in [-0.05, 0) is 73.2 Å². The Morgan fingerprint density at radius 2 is 1.41 bits per heavy atom. The van der Waals surface area contributed by atoms with Crippen molar-refractivity contribution in [1.82, 2.24) is 9.78 Å². The molecule has 1 atom stereocenters. The van der Waals surface area contributed by atoms with Gasteiger partial charge >= 0.3 is 0 Å². The summed E-state index contributed by atoms with van der Waals surface area (Å²) in [5.74, 6) is 1.14. The molecule has 0 spiro atoms. The summed E-state index contributed by atoms with van der Waals surface area (Å²) in [7, 11) is 0. The molecule has 0 aliphatic carbocycles. The lowest BCUT2D eigenvalue weighted by Crippen LogP contribution is -2.46. The van der Waals surface area contributed by atoms with Crippen molar-refractivity contribution >= 4 is 34.6 Å². The molecule has 2 aliphatic heterocycles. The average Bonchev–Trinajstić information content (AvgIpc) is 3.30. The van der Waals surface area contributed by atoms with E-state index in [-0.39, 0.29) is 17.7 Å². The van der Waals surface area contributed by atoms with Gasteiger partial charge in [-0.2, -0.15) is 5.10 Å². The van der Waals surface area contributed by atoms with Crippen LogP contribution in [0.1, 0.15) is 22.9 Å². The number of fused-ring (bicyclic) bond motifs is 4. The van der Waals surface area contributed by atoms with Crippen molar-refractivity contribution in [3.05, 3.63) is 132 Å². The standard InChI is InChI=1S/C31H22F2N6/c1-19-27-28(20-11-13-21(32)14-12-20)38-26-10-6-5-9-25(26)35-29(34-23-17-15-22(33)16-18-23)31(38)36-30(27)39(37-19)24-7-3-2-4-8-24/h2-18,28H,1H3,(H,34,35)/t28-/m0/s1. The van der Waals surface area contributed by atoms with Crippen LogP contribution in [0.5, 0.6) is 0 Å². The number of para-hydroxylation sites is 3. The van der Waals surface area contributed by atoms with Gasteiger partial charge in [0.2, 0.25) is 0 Å². The zero-order valence-electron chi connectivity index (χ0n) is 20.9. The summed E-state index contributed by atoms with van der Waals surface area (Å²) in [6.45, 7) is 1.97. The number of benzene rings is 4. The van der Waals surface area contributed by atoms with Crippen molar-refractivity contribution in [3.63, 3.8) is 0 Å². The molecular formula is C31H22F2N6. The van der Waals surface area contributed by atoms with Crippen LogP contribution in [0, 0.1) is 18.6 Å². The monoisotopic (exact) mass is 516 g/mol. The largest absolute Gasteiger partial charge is 0.337 e. The number of aryl methyl sites for hydroxylation is 1. The maximum atomic E-state index is 14.0. The van der Waals surface area contributed by atoms with Crippen molar-refractivity contribution in [3.8, 4) is 5.69 Å². The molecular weight excluding hydrogens is 494 g/mol. The van der Waals surface area contributed by atoms with Crippen molar-refractivity contribution < 1.29 is 8.78 Å². The molecule has 2 aliphatic rings. The summed E-state index contributed by atoms with van der Waals surface area (Å²) < 4.78 is 29.5. The van der Waals surface area contributed by atoms with E-state index in [9.17, 15) is 8.78 Å². The minimum atomic E-state index is -0.354. The highest BCUT2D eigenvalue weighted by molar-refractivity contribution is 6.51. The topological polar surface area (TPSA) is 57.8 Å². The number of rotatable bonds is 3. The minimum absolute atomic E-state index is 0.306. The van der Waals surface area contributed by atoms with Crippen molar-refractivity contribution in [2.45, 2.75) is 13.0 Å². The second kappa shape index (κ2) is 9.02. The maximum absolute atomic E-state index is 14.0. The van der Waals surface area contributed by atoms with E-state index in [0.29, 0.717) is 23.2 Å². The van der Waals surface area contributed by atoms with E-state index in [1.54, 1.807) is 24.3 Å². The van der Waals surface area contributed by atoms with Gasteiger partial charge in [-0.3, -0.25) is 0 Å². The maximum Gasteiger partial charge on any atom is 0.179 e. The fraction of sp³-hybridized carbons (Fsp3) is 0.0645. The van der Waals surface area contributed by atoms with Crippen molar-refractivity contribution in [2.75, 3.05) is 10.2 Å². The molecule has 0 fully saturated rings. The third kappa shape index (κ3) is 3.88. The molecule has 0 saturated heterocycles. The minimum Gasteiger partial charge on any atom is -0.337 e. The SMILES string of the molecule is Cc1nn(-c2ccccc2)c2c1[C@H](c1ccc(F)cc1)N1C(=N2)C(Nc2ccc(F)cc2)=Nc2ccccc21. The number of nitrogens with zero attached hydrogens (tertiary/aromatic N) is 5. The third-order valence-corrected chi connectivity index (χ3v) is 6.93. The van der Waals surface area contributed by atoms with Gasteiger partial charge in [-0.15, -0.1) is 0 Å². The lowest BCUT2D eigenvalue weighted by atomic mass is 9.93. The Morgan fingerprint density at radius 1 is 0.744 bits per heavy atom. The molecule has 1 aromatic heterocycles. The van der Waals surface area contributed by atoms with E-state index in [1.807, 2.05) is 66.2 Å². The molecule has 0 radical (unpaired) electrons. The van der Waals surface area contributed by atoms with Crippen molar-refractivity contribution in [2.24, 2.45) is 9.98 Å². The fourth-order valence-electron chi connectivity index (χ4n) is 5.18. The number of amidine groups is 2. The summed E-state index contributed by atoms with van der Waals surface area (Å²) in [6, 6.07) is 30.0. The highest BCUT2D eigenvalue weighted by Gasteiger charge is 2.41. The number of nitrogens with one attached hydrogen (secondary N) is 1. The number of anilines is 2. The second-order valence-electron chi connectivity index (χ2n) is 9.41. The van der Waals surface area contributed by atoms with Gasteiger partial charge < -0.3 is 10.2 Å². The first-order chi connectivity index (χ1) is 19.1. The Hall–Kier alpha value is -5.11. The molecule has 190 valence electrons. The van der Waals surface area contributed by atoms with Crippen LogP contribution in [-0.4, -0.2) is 21.5 Å². The van der Waals surface area contributed by atoms with Gasteiger partial charge in [0.25, 0.3) is 0 Å². The molecule has 0 bridgehead atoms. The van der Waals surface area contributed by atoms with Gasteiger partial charge in [-0.1, -0.05) is 42.5 Å². The third-order valence-electron chi connectivity index (χ3n) is 6.93. The van der Waals surface area contributed by atoms with E-state index in [4.69, 9.17) is 15.1 Å². The predicted molar refractivity (Wildman–Crippen MR) is 150 cm³/mol. The average molecular weight is 517 g/mol. The van der Waals surface area contributed by atoms with Gasteiger partial charge in [-0.25, -0.2) is 23.4 Å². The Labute approximate surface area is 223 Å². The summed E-state index contributed by atoms with van der Waals surface area (Å²) in [4.78, 5) is 12.2. The Morgan fingerprint density at radius 3 is 2.15 bits per heavy atom. The molecule has 0 amide bonds. The number of halogens is 2. The van der Waals surface area contributed by atoms with Crippen LogP contribution < -0.4 is 10.2 Å². The molecule has 8 heteroatoms. The lowest BCUT2D eigenvalue weighted by Gasteiger charge is -2.40. The Kier molecular flexibility index (Phi) is 5.33. The van der Waals surface area contributed by atoms with Crippen LogP contribution in [-0.2, 0) is 0 Å². The van der Waals surface area contributed by atoms with E-state index < -0.39 is 0 Å². The highest BCUT2D eigenvalue weighted by atomic mass is 19.1. The van der Waals surface area contributed by atoms with Crippen LogP contribution in [0.2, 0.25) is 0 Å². The van der Waals surface area contributed by atoms with Gasteiger partial charge in [0, 0.05) is 11.3 Å². The van der Waals surface area contributed by atoms with E-state index in [2.05, 4.69) is 10.2 Å². The second-order valence-corrected chi connectivity index (χ2v) is 9.41. The molecule has 6 nitrogen and oxygen atoms in total. The number of aromatic nitrogens is 2. The summed E-state index contributed by atoms with van der Waals surface area (Å²) in [5.41, 5.74) is 5.80. The summed E-state index contributed by atoms with van der Waals surface area (Å²) in [5, 5.41) is 8.24. The predicted octanol–water partition coefficient (Wildman–Crippen LogP) is 7.25. The first-order valence-electron chi connectivity index (χ1n) is 12.6. The van der Waals surface area contributed by atoms with Gasteiger partial charge in [0.05, 0.1) is 28.8 Å². The molecule has 3 heterocycles. The quantitative estimate of drug-likeness (QED) is 0.275. The Balaban J connectivity index is 1.49. The molecule has 5 aromatic rings. The van der Waals surface area contributed by atoms with E-state index in [1.165, 1.54) is 24.3 Å². The zero-order chi connectivity index (χ0) is 26.5. The van der Waals surface area contributed by atoms with Crippen LogP contribution in [0.4, 0.5) is 31.7 Å². The van der Waals surface area contributed by atoms with Gasteiger partial charge in [0.15, 0.2) is 17.5 Å². The summed E-state index contributed by atoms with van der Waals surface area (Å²) >= 11 is 0. The Bertz CT molecular complexity index is 1760. The molecule has 39 heavy (non-hydrogen) atoms. The number of hydrogen-bond donors (Lipinski definition) is 1. The molecule has 7 rings (SSSR count). The lowest BCUT2D eigenvalue weighted by molar-refractivity contribution is 0.626. The normalized spacial score (nSPS) is 15.6. The molecule has 4 aromatic carbocycles. The van der Waals surface area contributed by atoms with E-state index in [0.717, 1.165) is 33.9 Å². The first kappa shape index (κ1) is 23.0. The fourth-order valence-corrected chi connectivity index (χ4v) is 5.18. The first-order valence-corrected chi connectivity index (χ1v) is 12.6. The number of hydrogen-bond acceptors (Lipinski definition) is 5. The van der Waals surface area contributed by atoms with E-state index >= 15 is 0 Å². The summed E-state index contributed by atoms with van der Waals surface area (Å²) in [6.07, 6.45) is 0. The highest BCUT2D eigenvalue weighted by Crippen LogP contribution is 2.48. The van der Waals surface area contributed by atoms with Crippen LogP contribution in [0.3, 0.4) is 0 Å². The zero-order valence-corrected chi connectivity index (χ0v) is 20.9. The molecule has 0 saturated carbocycles. The molecule has 0 unspecified atom stereocenters. The van der Waals surface area contributed by atoms with Gasteiger partial charge in [0.1, 0.15) is 11.6 Å². The smallest absolute Gasteiger partial charge is 0.179 e. The van der Waals surface area contributed by atoms with Crippen LogP contribution >= 0.6 is 0 Å².